The van der Waals surface area contributed by atoms with E-state index in [4.69, 9.17) is 21.3 Å². The molecule has 0 radical (unpaired) electrons. The predicted octanol–water partition coefficient (Wildman–Crippen LogP) is -0.644. The Balaban J connectivity index is 3.73. The number of ether oxygens (including phenoxy) is 1. The molecule has 5 N–H and O–H groups in total. The third-order valence-corrected chi connectivity index (χ3v) is 4.68. The minimum Gasteiger partial charge on any atom is -0.480 e. The van der Waals surface area contributed by atoms with Crippen molar-refractivity contribution in [2.24, 2.45) is 11.5 Å². The summed E-state index contributed by atoms with van der Waals surface area (Å²) in [6.45, 7) is 1.05. The molecule has 0 aromatic heterocycles. The molecule has 118 valence electrons. The molecule has 20 heavy (non-hydrogen) atoms. The van der Waals surface area contributed by atoms with Crippen LogP contribution in [0.25, 0.3) is 0 Å². The first-order valence-electron chi connectivity index (χ1n) is 6.09. The van der Waals surface area contributed by atoms with Crippen LogP contribution >= 0.6 is 21.6 Å². The lowest BCUT2D eigenvalue weighted by Gasteiger charge is -2.23. The zero-order valence-corrected chi connectivity index (χ0v) is 13.7. The molecule has 0 saturated carbocycles. The van der Waals surface area contributed by atoms with E-state index in [2.05, 4.69) is 0 Å². The van der Waals surface area contributed by atoms with Crippen LogP contribution in [0.2, 0.25) is 0 Å². The van der Waals surface area contributed by atoms with Crippen LogP contribution in [0.5, 0.6) is 0 Å². The Morgan fingerprint density at radius 1 is 1.15 bits per heavy atom. The van der Waals surface area contributed by atoms with Crippen LogP contribution in [0.3, 0.4) is 0 Å². The molecule has 2 atom stereocenters. The number of carboxylic acids is 1. The molecule has 0 spiro atoms. The Hall–Kier alpha value is -0.480. The molecule has 0 saturated heterocycles. The van der Waals surface area contributed by atoms with Gasteiger partial charge in [-0.2, -0.15) is 0 Å². The molecule has 0 fully saturated rings. The van der Waals surface area contributed by atoms with Gasteiger partial charge < -0.3 is 25.8 Å². The number of carboxylic acid groups (broad SMARTS) is 1. The number of likely N-dealkylation sites (N-methyl/N-ethyl adjacent to an activating group) is 1. The van der Waals surface area contributed by atoms with Crippen molar-refractivity contribution in [3.8, 4) is 0 Å². The average molecular weight is 326 g/mol. The first-order chi connectivity index (χ1) is 9.13. The first kappa shape index (κ1) is 19.5. The van der Waals surface area contributed by atoms with Crippen molar-refractivity contribution >= 4 is 33.5 Å². The van der Waals surface area contributed by atoms with Gasteiger partial charge in [-0.1, -0.05) is 21.6 Å². The fourth-order valence-electron chi connectivity index (χ4n) is 0.909. The van der Waals surface area contributed by atoms with E-state index in [9.17, 15) is 9.59 Å². The van der Waals surface area contributed by atoms with Gasteiger partial charge in [0.05, 0.1) is 21.1 Å². The minimum absolute atomic E-state index is 0.267. The van der Waals surface area contributed by atoms with Crippen molar-refractivity contribution in [1.29, 1.82) is 0 Å². The van der Waals surface area contributed by atoms with E-state index in [1.54, 1.807) is 0 Å². The third kappa shape index (κ3) is 10.3. The number of hydrogen-bond acceptors (Lipinski definition) is 7. The fraction of sp³-hybridized carbons (Fsp3) is 0.818. The van der Waals surface area contributed by atoms with Crippen molar-refractivity contribution in [2.45, 2.75) is 12.1 Å². The molecule has 0 heterocycles. The van der Waals surface area contributed by atoms with Crippen LogP contribution in [0.4, 0.5) is 0 Å². The quantitative estimate of drug-likeness (QED) is 0.210. The van der Waals surface area contributed by atoms with Crippen LogP contribution < -0.4 is 11.5 Å². The van der Waals surface area contributed by atoms with Crippen LogP contribution in [0.1, 0.15) is 0 Å². The maximum Gasteiger partial charge on any atom is 0.324 e. The van der Waals surface area contributed by atoms with Crippen molar-refractivity contribution in [2.75, 3.05) is 45.8 Å². The topological polar surface area (TPSA) is 116 Å². The van der Waals surface area contributed by atoms with E-state index in [0.717, 1.165) is 0 Å². The number of rotatable bonds is 10. The molecule has 0 aliphatic heterocycles. The van der Waals surface area contributed by atoms with E-state index >= 15 is 0 Å². The summed E-state index contributed by atoms with van der Waals surface area (Å²) in [6, 6.07) is -1.61. The number of carbonyl (C=O) groups excluding carboxylic acids is 1. The largest absolute Gasteiger partial charge is 0.480 e. The van der Waals surface area contributed by atoms with E-state index in [-0.39, 0.29) is 5.75 Å². The van der Waals surface area contributed by atoms with Crippen molar-refractivity contribution in [3.63, 3.8) is 0 Å². The Morgan fingerprint density at radius 2 is 1.65 bits per heavy atom. The second-order valence-electron chi connectivity index (χ2n) is 5.30. The van der Waals surface area contributed by atoms with Gasteiger partial charge in [0.15, 0.2) is 0 Å². The van der Waals surface area contributed by atoms with Crippen LogP contribution in [0.15, 0.2) is 0 Å². The maximum atomic E-state index is 11.6. The highest BCUT2D eigenvalue weighted by molar-refractivity contribution is 8.76. The van der Waals surface area contributed by atoms with Gasteiger partial charge in [-0.15, -0.1) is 0 Å². The van der Waals surface area contributed by atoms with E-state index in [0.29, 0.717) is 23.4 Å². The van der Waals surface area contributed by atoms with Gasteiger partial charge in [0.2, 0.25) is 0 Å². The number of nitrogens with zero attached hydrogens (tertiary/aromatic N) is 1. The molecule has 9 heteroatoms. The molecular weight excluding hydrogens is 302 g/mol. The molecule has 0 rings (SSSR count). The summed E-state index contributed by atoms with van der Waals surface area (Å²) in [5.74, 6) is -0.847. The SMILES string of the molecule is C[N+](C)(C)CCOC(=O)[C@@H](N)CSSCC(N)C(=O)O. The predicted molar refractivity (Wildman–Crippen MR) is 82.4 cm³/mol. The smallest absolute Gasteiger partial charge is 0.324 e. The summed E-state index contributed by atoms with van der Waals surface area (Å²) in [6.07, 6.45) is 0. The molecule has 0 amide bonds. The molecule has 0 bridgehead atoms. The average Bonchev–Trinajstić information content (AvgIpc) is 2.31. The second kappa shape index (κ2) is 9.46. The molecule has 1 unspecified atom stereocenters. The van der Waals surface area contributed by atoms with Gasteiger partial charge in [0.1, 0.15) is 25.2 Å². The molecule has 7 nitrogen and oxygen atoms in total. The van der Waals surface area contributed by atoms with Crippen molar-refractivity contribution in [3.05, 3.63) is 0 Å². The fourth-order valence-corrected chi connectivity index (χ4v) is 3.13. The highest BCUT2D eigenvalue weighted by Gasteiger charge is 2.18. The van der Waals surface area contributed by atoms with Gasteiger partial charge in [-0.05, 0) is 0 Å². The number of quaternary nitrogens is 1. The van der Waals surface area contributed by atoms with Gasteiger partial charge in [0.25, 0.3) is 0 Å². The number of nitrogens with two attached hydrogens (primary N) is 2. The number of carbonyl (C=O) groups is 2. The number of esters is 1. The monoisotopic (exact) mass is 326 g/mol. The lowest BCUT2D eigenvalue weighted by molar-refractivity contribution is -0.870. The summed E-state index contributed by atoms with van der Waals surface area (Å²) in [4.78, 5) is 22.1. The third-order valence-electron chi connectivity index (χ3n) is 2.20. The van der Waals surface area contributed by atoms with Gasteiger partial charge in [-0.3, -0.25) is 9.59 Å². The summed E-state index contributed by atoms with van der Waals surface area (Å²) in [7, 11) is 8.62. The second-order valence-corrected chi connectivity index (χ2v) is 7.85. The lowest BCUT2D eigenvalue weighted by atomic mass is 10.4. The normalized spacial score (nSPS) is 14.7. The van der Waals surface area contributed by atoms with E-state index in [1.807, 2.05) is 21.1 Å². The highest BCUT2D eigenvalue weighted by atomic mass is 33.1. The summed E-state index contributed by atoms with van der Waals surface area (Å²) < 4.78 is 5.78. The van der Waals surface area contributed by atoms with Gasteiger partial charge in [0, 0.05) is 11.5 Å². The van der Waals surface area contributed by atoms with Crippen molar-refractivity contribution < 1.29 is 23.9 Å². The zero-order valence-electron chi connectivity index (χ0n) is 12.1. The molecule has 0 aromatic carbocycles. The molecule has 0 aromatic rings. The molecular formula is C11H24N3O4S2+. The Labute approximate surface area is 127 Å². The molecule has 0 aliphatic carbocycles. The van der Waals surface area contributed by atoms with Crippen LogP contribution in [0, 0.1) is 0 Å². The lowest BCUT2D eigenvalue weighted by Crippen LogP contribution is -2.40. The molecule has 0 aliphatic rings. The van der Waals surface area contributed by atoms with Gasteiger partial charge >= 0.3 is 11.9 Å². The minimum atomic E-state index is -1.04. The summed E-state index contributed by atoms with van der Waals surface area (Å²) in [5.41, 5.74) is 11.0. The zero-order chi connectivity index (χ0) is 15.8. The highest BCUT2D eigenvalue weighted by Crippen LogP contribution is 2.22. The van der Waals surface area contributed by atoms with Crippen LogP contribution in [-0.4, -0.2) is 79.4 Å². The Bertz CT molecular complexity index is 323. The Kier molecular flexibility index (Phi) is 9.23. The summed E-state index contributed by atoms with van der Waals surface area (Å²) in [5, 5.41) is 8.59. The number of hydrogen-bond donors (Lipinski definition) is 3. The number of aliphatic carboxylic acids is 1. The first-order valence-corrected chi connectivity index (χ1v) is 8.58. The maximum absolute atomic E-state index is 11.6. The van der Waals surface area contributed by atoms with E-state index in [1.165, 1.54) is 21.6 Å². The Morgan fingerprint density at radius 3 is 2.10 bits per heavy atom. The summed E-state index contributed by atoms with van der Waals surface area (Å²) >= 11 is 0. The standard InChI is InChI=1S/C11H23N3O4S2/c1-14(2,3)4-5-18-11(17)9(13)7-20-19-6-8(12)10(15)16/h8-9H,4-7,12-13H2,1-3H3/p+1/t8?,9-/m0/s1. The van der Waals surface area contributed by atoms with Crippen molar-refractivity contribution in [1.82, 2.24) is 0 Å². The van der Waals surface area contributed by atoms with Crippen LogP contribution in [-0.2, 0) is 14.3 Å². The van der Waals surface area contributed by atoms with Gasteiger partial charge in [-0.25, -0.2) is 0 Å². The van der Waals surface area contributed by atoms with E-state index < -0.39 is 24.0 Å².